The zero-order valence-electron chi connectivity index (χ0n) is 10.9. The molecule has 1 unspecified atom stereocenters. The standard InChI is InChI=1S/C14H20BrNO2/c1-3-10(9-16)6-12(17)7-11-4-5-14(18-2)13(15)8-11/h4-5,8,10H,3,6-7,9,16H2,1-2H3. The van der Waals surface area contributed by atoms with E-state index in [4.69, 9.17) is 10.5 Å². The summed E-state index contributed by atoms with van der Waals surface area (Å²) in [5.41, 5.74) is 6.61. The van der Waals surface area contributed by atoms with Crippen LogP contribution >= 0.6 is 15.9 Å². The molecule has 4 heteroatoms. The molecular weight excluding hydrogens is 294 g/mol. The number of benzene rings is 1. The molecule has 1 aromatic rings. The number of hydrogen-bond acceptors (Lipinski definition) is 3. The van der Waals surface area contributed by atoms with E-state index >= 15 is 0 Å². The molecule has 0 spiro atoms. The van der Waals surface area contributed by atoms with E-state index < -0.39 is 0 Å². The first-order valence-corrected chi connectivity index (χ1v) is 6.94. The number of ketones is 1. The van der Waals surface area contributed by atoms with Gasteiger partial charge in [0.25, 0.3) is 0 Å². The second kappa shape index (κ2) is 7.54. The van der Waals surface area contributed by atoms with Crippen LogP contribution in [-0.2, 0) is 11.2 Å². The van der Waals surface area contributed by atoms with Gasteiger partial charge in [0.15, 0.2) is 0 Å². The molecule has 1 rings (SSSR count). The van der Waals surface area contributed by atoms with E-state index in [2.05, 4.69) is 22.9 Å². The number of ether oxygens (including phenoxy) is 1. The van der Waals surface area contributed by atoms with E-state index in [1.807, 2.05) is 18.2 Å². The van der Waals surface area contributed by atoms with Gasteiger partial charge in [0.2, 0.25) is 0 Å². The predicted octanol–water partition coefficient (Wildman–Crippen LogP) is 2.94. The molecule has 0 aliphatic rings. The van der Waals surface area contributed by atoms with Gasteiger partial charge in [-0.25, -0.2) is 0 Å². The topological polar surface area (TPSA) is 52.3 Å². The second-order valence-electron chi connectivity index (χ2n) is 4.40. The minimum absolute atomic E-state index is 0.240. The molecule has 1 aromatic carbocycles. The Balaban J connectivity index is 2.62. The van der Waals surface area contributed by atoms with Crippen molar-refractivity contribution in [1.29, 1.82) is 0 Å². The molecule has 0 aliphatic carbocycles. The van der Waals surface area contributed by atoms with Crippen molar-refractivity contribution in [2.24, 2.45) is 11.7 Å². The van der Waals surface area contributed by atoms with Crippen LogP contribution in [0.4, 0.5) is 0 Å². The number of methoxy groups -OCH3 is 1. The Morgan fingerprint density at radius 2 is 2.22 bits per heavy atom. The lowest BCUT2D eigenvalue weighted by Gasteiger charge is -2.11. The van der Waals surface area contributed by atoms with E-state index in [9.17, 15) is 4.79 Å². The van der Waals surface area contributed by atoms with Gasteiger partial charge in [-0.2, -0.15) is 0 Å². The lowest BCUT2D eigenvalue weighted by molar-refractivity contribution is -0.119. The number of Topliss-reactive ketones (excluding diaryl/α,β-unsaturated/α-hetero) is 1. The van der Waals surface area contributed by atoms with Crippen molar-refractivity contribution in [2.75, 3.05) is 13.7 Å². The molecule has 100 valence electrons. The SMILES string of the molecule is CCC(CN)CC(=O)Cc1ccc(OC)c(Br)c1. The maximum Gasteiger partial charge on any atom is 0.137 e. The van der Waals surface area contributed by atoms with Crippen LogP contribution in [0.2, 0.25) is 0 Å². The molecule has 0 aliphatic heterocycles. The van der Waals surface area contributed by atoms with Crippen molar-refractivity contribution in [3.05, 3.63) is 28.2 Å². The van der Waals surface area contributed by atoms with Crippen molar-refractivity contribution in [1.82, 2.24) is 0 Å². The molecule has 0 radical (unpaired) electrons. The normalized spacial score (nSPS) is 12.2. The van der Waals surface area contributed by atoms with Gasteiger partial charge in [0.1, 0.15) is 11.5 Å². The second-order valence-corrected chi connectivity index (χ2v) is 5.25. The fraction of sp³-hybridized carbons (Fsp3) is 0.500. The number of nitrogens with two attached hydrogens (primary N) is 1. The minimum Gasteiger partial charge on any atom is -0.496 e. The Morgan fingerprint density at radius 1 is 1.50 bits per heavy atom. The van der Waals surface area contributed by atoms with Gasteiger partial charge < -0.3 is 10.5 Å². The van der Waals surface area contributed by atoms with Gasteiger partial charge in [0.05, 0.1) is 11.6 Å². The number of carbonyl (C=O) groups is 1. The zero-order valence-corrected chi connectivity index (χ0v) is 12.5. The van der Waals surface area contributed by atoms with Crippen LogP contribution in [0.15, 0.2) is 22.7 Å². The average Bonchev–Trinajstić information content (AvgIpc) is 2.36. The third-order valence-electron chi connectivity index (χ3n) is 3.04. The number of carbonyl (C=O) groups excluding carboxylic acids is 1. The Bertz CT molecular complexity index is 403. The van der Waals surface area contributed by atoms with Crippen LogP contribution in [0.1, 0.15) is 25.3 Å². The maximum atomic E-state index is 11.9. The third kappa shape index (κ3) is 4.42. The van der Waals surface area contributed by atoms with Gasteiger partial charge in [-0.05, 0) is 46.1 Å². The monoisotopic (exact) mass is 313 g/mol. The summed E-state index contributed by atoms with van der Waals surface area (Å²) < 4.78 is 6.03. The van der Waals surface area contributed by atoms with Crippen LogP contribution < -0.4 is 10.5 Å². The van der Waals surface area contributed by atoms with Crippen LogP contribution in [0, 0.1) is 5.92 Å². The molecule has 0 saturated carbocycles. The molecule has 18 heavy (non-hydrogen) atoms. The number of halogens is 1. The Morgan fingerprint density at radius 3 is 2.72 bits per heavy atom. The minimum atomic E-state index is 0.240. The Kier molecular flexibility index (Phi) is 6.36. The highest BCUT2D eigenvalue weighted by atomic mass is 79.9. The fourth-order valence-corrected chi connectivity index (χ4v) is 2.42. The van der Waals surface area contributed by atoms with Crippen molar-refractivity contribution in [3.8, 4) is 5.75 Å². The lowest BCUT2D eigenvalue weighted by atomic mass is 9.96. The van der Waals surface area contributed by atoms with E-state index in [0.717, 1.165) is 22.2 Å². The van der Waals surface area contributed by atoms with E-state index in [0.29, 0.717) is 25.3 Å². The lowest BCUT2D eigenvalue weighted by Crippen LogP contribution is -2.18. The highest BCUT2D eigenvalue weighted by Crippen LogP contribution is 2.26. The maximum absolute atomic E-state index is 11.9. The quantitative estimate of drug-likeness (QED) is 0.842. The largest absolute Gasteiger partial charge is 0.496 e. The summed E-state index contributed by atoms with van der Waals surface area (Å²) in [6.45, 7) is 2.64. The molecule has 1 atom stereocenters. The van der Waals surface area contributed by atoms with Crippen molar-refractivity contribution < 1.29 is 9.53 Å². The Labute approximate surface area is 117 Å². The van der Waals surface area contributed by atoms with Crippen molar-refractivity contribution in [3.63, 3.8) is 0 Å². The third-order valence-corrected chi connectivity index (χ3v) is 3.66. The number of hydrogen-bond donors (Lipinski definition) is 1. The molecule has 3 nitrogen and oxygen atoms in total. The summed E-state index contributed by atoms with van der Waals surface area (Å²) in [6.07, 6.45) is 1.98. The molecule has 2 N–H and O–H groups in total. The highest BCUT2D eigenvalue weighted by molar-refractivity contribution is 9.10. The van der Waals surface area contributed by atoms with Gasteiger partial charge >= 0.3 is 0 Å². The smallest absolute Gasteiger partial charge is 0.137 e. The summed E-state index contributed by atoms with van der Waals surface area (Å²) in [5.74, 6) is 1.32. The summed E-state index contributed by atoms with van der Waals surface area (Å²) >= 11 is 3.42. The average molecular weight is 314 g/mol. The zero-order chi connectivity index (χ0) is 13.5. The first-order chi connectivity index (χ1) is 8.60. The number of rotatable bonds is 7. The van der Waals surface area contributed by atoms with Crippen LogP contribution in [0.3, 0.4) is 0 Å². The first-order valence-electron chi connectivity index (χ1n) is 6.14. The summed E-state index contributed by atoms with van der Waals surface area (Å²) in [7, 11) is 1.62. The molecule has 0 heterocycles. The predicted molar refractivity (Wildman–Crippen MR) is 76.9 cm³/mol. The van der Waals surface area contributed by atoms with Crippen molar-refractivity contribution >= 4 is 21.7 Å². The van der Waals surface area contributed by atoms with Gasteiger partial charge in [-0.3, -0.25) is 4.79 Å². The first kappa shape index (κ1) is 15.2. The molecule has 0 saturated heterocycles. The molecule has 0 bridgehead atoms. The van der Waals surface area contributed by atoms with Gasteiger partial charge in [-0.15, -0.1) is 0 Å². The van der Waals surface area contributed by atoms with Gasteiger partial charge in [0, 0.05) is 12.8 Å². The summed E-state index contributed by atoms with van der Waals surface area (Å²) in [4.78, 5) is 11.9. The van der Waals surface area contributed by atoms with E-state index in [-0.39, 0.29) is 5.78 Å². The van der Waals surface area contributed by atoms with Crippen LogP contribution in [0.25, 0.3) is 0 Å². The molecular formula is C14H20BrNO2. The van der Waals surface area contributed by atoms with Crippen molar-refractivity contribution in [2.45, 2.75) is 26.2 Å². The molecule has 0 aromatic heterocycles. The van der Waals surface area contributed by atoms with E-state index in [1.54, 1.807) is 7.11 Å². The van der Waals surface area contributed by atoms with Gasteiger partial charge in [-0.1, -0.05) is 19.4 Å². The van der Waals surface area contributed by atoms with Crippen LogP contribution in [0.5, 0.6) is 5.75 Å². The fourth-order valence-electron chi connectivity index (χ4n) is 1.84. The van der Waals surface area contributed by atoms with E-state index in [1.165, 1.54) is 0 Å². The summed E-state index contributed by atoms with van der Waals surface area (Å²) in [5, 5.41) is 0. The highest BCUT2D eigenvalue weighted by Gasteiger charge is 2.12. The molecule has 0 amide bonds. The van der Waals surface area contributed by atoms with Crippen LogP contribution in [-0.4, -0.2) is 19.4 Å². The summed E-state index contributed by atoms with van der Waals surface area (Å²) in [6, 6.07) is 5.72. The molecule has 0 fully saturated rings. The Hall–Kier alpha value is -0.870.